The molecular formula is C21H26ClFN2O2. The maximum atomic E-state index is 13.2. The number of piperidine rings is 1. The minimum absolute atomic E-state index is 0.00387. The lowest BCUT2D eigenvalue weighted by Crippen LogP contribution is -2.40. The molecule has 4 rings (SSSR count). The molecule has 2 amide bonds. The number of likely N-dealkylation sites (tertiary alicyclic amines) is 1. The summed E-state index contributed by atoms with van der Waals surface area (Å²) >= 11 is 5.73. The lowest BCUT2D eigenvalue weighted by molar-refractivity contribution is -0.135. The molecular weight excluding hydrogens is 367 g/mol. The summed E-state index contributed by atoms with van der Waals surface area (Å²) < 4.78 is 13.2. The average Bonchev–Trinajstić information content (AvgIpc) is 3.40. The van der Waals surface area contributed by atoms with Crippen LogP contribution in [0.4, 0.5) is 10.1 Å². The van der Waals surface area contributed by atoms with Gasteiger partial charge in [0.25, 0.3) is 0 Å². The summed E-state index contributed by atoms with van der Waals surface area (Å²) in [5, 5.41) is 2.77. The van der Waals surface area contributed by atoms with E-state index < -0.39 is 5.82 Å². The quantitative estimate of drug-likeness (QED) is 0.794. The first-order chi connectivity index (χ1) is 13.0. The molecule has 0 bridgehead atoms. The largest absolute Gasteiger partial charge is 0.342 e. The zero-order chi connectivity index (χ0) is 19.0. The SMILES string of the molecule is O=C(CCC1CCN(C(=O)[C@H]2CC23CCC3)CC1)Nc1ccc(F)c(Cl)c1. The van der Waals surface area contributed by atoms with Crippen LogP contribution in [0, 0.1) is 23.1 Å². The van der Waals surface area contributed by atoms with Crippen molar-refractivity contribution < 1.29 is 14.0 Å². The van der Waals surface area contributed by atoms with Crippen LogP contribution in [0.2, 0.25) is 5.02 Å². The molecule has 146 valence electrons. The van der Waals surface area contributed by atoms with E-state index >= 15 is 0 Å². The number of carbonyl (C=O) groups is 2. The first-order valence-corrected chi connectivity index (χ1v) is 10.4. The van der Waals surface area contributed by atoms with Crippen molar-refractivity contribution in [2.75, 3.05) is 18.4 Å². The molecule has 3 aliphatic rings. The Kier molecular flexibility index (Phi) is 5.15. The van der Waals surface area contributed by atoms with Crippen LogP contribution in [0.25, 0.3) is 0 Å². The minimum Gasteiger partial charge on any atom is -0.342 e. The molecule has 3 fully saturated rings. The van der Waals surface area contributed by atoms with Crippen molar-refractivity contribution in [3.05, 3.63) is 29.0 Å². The zero-order valence-electron chi connectivity index (χ0n) is 15.5. The van der Waals surface area contributed by atoms with E-state index in [0.717, 1.165) is 38.8 Å². The van der Waals surface area contributed by atoms with Crippen molar-refractivity contribution in [2.45, 2.75) is 51.4 Å². The summed E-state index contributed by atoms with van der Waals surface area (Å²) in [5.41, 5.74) is 0.913. The van der Waals surface area contributed by atoms with Gasteiger partial charge in [-0.15, -0.1) is 0 Å². The Balaban J connectivity index is 1.17. The molecule has 1 aliphatic heterocycles. The molecule has 0 unspecified atom stereocenters. The van der Waals surface area contributed by atoms with Crippen LogP contribution in [-0.2, 0) is 9.59 Å². The van der Waals surface area contributed by atoms with Crippen LogP contribution in [-0.4, -0.2) is 29.8 Å². The molecule has 1 atom stereocenters. The van der Waals surface area contributed by atoms with Gasteiger partial charge in [0.15, 0.2) is 0 Å². The summed E-state index contributed by atoms with van der Waals surface area (Å²) in [4.78, 5) is 26.8. The van der Waals surface area contributed by atoms with Gasteiger partial charge in [-0.25, -0.2) is 4.39 Å². The Bertz CT molecular complexity index is 742. The van der Waals surface area contributed by atoms with E-state index in [4.69, 9.17) is 11.6 Å². The molecule has 1 N–H and O–H groups in total. The second kappa shape index (κ2) is 7.42. The zero-order valence-corrected chi connectivity index (χ0v) is 16.2. The summed E-state index contributed by atoms with van der Waals surface area (Å²) in [5.74, 6) is 0.579. The second-order valence-electron chi connectivity index (χ2n) is 8.46. The number of nitrogens with one attached hydrogen (secondary N) is 1. The van der Waals surface area contributed by atoms with Gasteiger partial charge in [0, 0.05) is 31.1 Å². The standard InChI is InChI=1S/C21H26ClFN2O2/c22-17-12-15(3-4-18(17)23)24-19(26)5-2-14-6-10-25(11-7-14)20(27)16-13-21(16)8-1-9-21/h3-4,12,14,16H,1-2,5-11,13H2,(H,24,26)/t16-/m1/s1. The highest BCUT2D eigenvalue weighted by Gasteiger charge is 2.61. The number of hydrogen-bond acceptors (Lipinski definition) is 2. The van der Waals surface area contributed by atoms with Crippen molar-refractivity contribution in [3.8, 4) is 0 Å². The smallest absolute Gasteiger partial charge is 0.226 e. The van der Waals surface area contributed by atoms with Gasteiger partial charge in [-0.2, -0.15) is 0 Å². The van der Waals surface area contributed by atoms with Crippen molar-refractivity contribution in [3.63, 3.8) is 0 Å². The van der Waals surface area contributed by atoms with E-state index in [0.29, 0.717) is 35.3 Å². The van der Waals surface area contributed by atoms with Gasteiger partial charge >= 0.3 is 0 Å². The van der Waals surface area contributed by atoms with E-state index in [9.17, 15) is 14.0 Å². The fourth-order valence-electron chi connectivity index (χ4n) is 4.68. The van der Waals surface area contributed by atoms with Crippen molar-refractivity contribution >= 4 is 29.1 Å². The van der Waals surface area contributed by atoms with Gasteiger partial charge in [0.1, 0.15) is 5.82 Å². The molecule has 1 aromatic rings. The van der Waals surface area contributed by atoms with Crippen LogP contribution in [0.3, 0.4) is 0 Å². The molecule has 1 heterocycles. The fraction of sp³-hybridized carbons (Fsp3) is 0.619. The number of rotatable bonds is 5. The lowest BCUT2D eigenvalue weighted by Gasteiger charge is -2.34. The average molecular weight is 393 g/mol. The van der Waals surface area contributed by atoms with Crippen LogP contribution in [0.1, 0.15) is 51.4 Å². The van der Waals surface area contributed by atoms with Crippen LogP contribution >= 0.6 is 11.6 Å². The third-order valence-corrected chi connectivity index (χ3v) is 7.04. The van der Waals surface area contributed by atoms with Gasteiger partial charge < -0.3 is 10.2 Å². The number of hydrogen-bond donors (Lipinski definition) is 1. The molecule has 27 heavy (non-hydrogen) atoms. The summed E-state index contributed by atoms with van der Waals surface area (Å²) in [6, 6.07) is 4.18. The lowest BCUT2D eigenvalue weighted by atomic mass is 9.79. The van der Waals surface area contributed by atoms with Crippen LogP contribution in [0.15, 0.2) is 18.2 Å². The Morgan fingerprint density at radius 3 is 2.59 bits per heavy atom. The maximum absolute atomic E-state index is 13.2. The fourth-order valence-corrected chi connectivity index (χ4v) is 4.86. The highest BCUT2D eigenvalue weighted by atomic mass is 35.5. The Hall–Kier alpha value is -1.62. The van der Waals surface area contributed by atoms with Gasteiger partial charge in [0.2, 0.25) is 11.8 Å². The van der Waals surface area contributed by atoms with E-state index in [1.54, 1.807) is 0 Å². The molecule has 2 aliphatic carbocycles. The van der Waals surface area contributed by atoms with E-state index in [2.05, 4.69) is 10.2 Å². The second-order valence-corrected chi connectivity index (χ2v) is 8.86. The normalized spacial score (nSPS) is 23.8. The molecule has 0 aromatic heterocycles. The Morgan fingerprint density at radius 1 is 1.26 bits per heavy atom. The first kappa shape index (κ1) is 18.7. The van der Waals surface area contributed by atoms with E-state index in [1.165, 1.54) is 37.5 Å². The monoisotopic (exact) mass is 392 g/mol. The van der Waals surface area contributed by atoms with Crippen molar-refractivity contribution in [2.24, 2.45) is 17.3 Å². The molecule has 1 aromatic carbocycles. The number of amides is 2. The topological polar surface area (TPSA) is 49.4 Å². The minimum atomic E-state index is -0.495. The van der Waals surface area contributed by atoms with E-state index in [1.807, 2.05) is 0 Å². The van der Waals surface area contributed by atoms with E-state index in [-0.39, 0.29) is 10.9 Å². The molecule has 1 saturated heterocycles. The molecule has 1 spiro atoms. The number of anilines is 1. The Morgan fingerprint density at radius 2 is 2.00 bits per heavy atom. The predicted molar refractivity (Wildman–Crippen MR) is 103 cm³/mol. The summed E-state index contributed by atoms with van der Waals surface area (Å²) in [6.07, 6.45) is 8.08. The van der Waals surface area contributed by atoms with Crippen LogP contribution < -0.4 is 5.32 Å². The number of carbonyl (C=O) groups excluding carboxylic acids is 2. The highest BCUT2D eigenvalue weighted by molar-refractivity contribution is 6.31. The van der Waals surface area contributed by atoms with Gasteiger partial charge in [-0.1, -0.05) is 18.0 Å². The third-order valence-electron chi connectivity index (χ3n) is 6.75. The van der Waals surface area contributed by atoms with Crippen LogP contribution in [0.5, 0.6) is 0 Å². The van der Waals surface area contributed by atoms with Gasteiger partial charge in [0.05, 0.1) is 5.02 Å². The number of benzene rings is 1. The first-order valence-electron chi connectivity index (χ1n) is 10.0. The summed E-state index contributed by atoms with van der Waals surface area (Å²) in [7, 11) is 0. The number of halogens is 2. The summed E-state index contributed by atoms with van der Waals surface area (Å²) in [6.45, 7) is 1.65. The third kappa shape index (κ3) is 3.98. The molecule has 0 radical (unpaired) electrons. The molecule has 4 nitrogen and oxygen atoms in total. The van der Waals surface area contributed by atoms with Gasteiger partial charge in [-0.05, 0) is 68.1 Å². The highest BCUT2D eigenvalue weighted by Crippen LogP contribution is 2.66. The Labute approximate surface area is 164 Å². The molecule has 6 heteroatoms. The van der Waals surface area contributed by atoms with Crippen molar-refractivity contribution in [1.29, 1.82) is 0 Å². The predicted octanol–water partition coefficient (Wildman–Crippen LogP) is 4.63. The maximum Gasteiger partial charge on any atom is 0.226 e. The number of nitrogens with zero attached hydrogens (tertiary/aromatic N) is 1. The molecule has 2 saturated carbocycles. The van der Waals surface area contributed by atoms with Gasteiger partial charge in [-0.3, -0.25) is 9.59 Å². The van der Waals surface area contributed by atoms with Crippen molar-refractivity contribution in [1.82, 2.24) is 4.90 Å².